The van der Waals surface area contributed by atoms with Crippen molar-refractivity contribution in [1.82, 2.24) is 20.7 Å². The number of amides is 2. The maximum absolute atomic E-state index is 11.9. The summed E-state index contributed by atoms with van der Waals surface area (Å²) in [7, 11) is 0. The van der Waals surface area contributed by atoms with Crippen molar-refractivity contribution in [2.24, 2.45) is 5.92 Å². The van der Waals surface area contributed by atoms with Crippen LogP contribution in [0.15, 0.2) is 34.9 Å². The molecule has 0 bridgehead atoms. The van der Waals surface area contributed by atoms with Gasteiger partial charge in [0, 0.05) is 24.7 Å². The van der Waals surface area contributed by atoms with E-state index in [9.17, 15) is 4.79 Å². The summed E-state index contributed by atoms with van der Waals surface area (Å²) in [5.41, 5.74) is 2.99. The molecule has 0 spiro atoms. The first-order chi connectivity index (χ1) is 12.1. The summed E-state index contributed by atoms with van der Waals surface area (Å²) in [5.74, 6) is 1.19. The molecule has 1 saturated heterocycles. The Morgan fingerprint density at radius 3 is 2.84 bits per heavy atom. The lowest BCUT2D eigenvalue weighted by atomic mass is 10.1. The van der Waals surface area contributed by atoms with Crippen LogP contribution in [0.2, 0.25) is 0 Å². The summed E-state index contributed by atoms with van der Waals surface area (Å²) in [5, 5.41) is 9.84. The van der Waals surface area contributed by atoms with Crippen molar-refractivity contribution in [2.75, 3.05) is 26.2 Å². The molecule has 0 saturated carbocycles. The van der Waals surface area contributed by atoms with Gasteiger partial charge in [0.15, 0.2) is 5.76 Å². The summed E-state index contributed by atoms with van der Waals surface area (Å²) < 4.78 is 5.31. The minimum Gasteiger partial charge on any atom is -0.359 e. The van der Waals surface area contributed by atoms with Crippen molar-refractivity contribution in [1.29, 1.82) is 0 Å². The number of benzene rings is 1. The minimum atomic E-state index is -0.164. The van der Waals surface area contributed by atoms with Gasteiger partial charge in [0.1, 0.15) is 5.69 Å². The number of nitrogens with one attached hydrogen (secondary N) is 2. The quantitative estimate of drug-likeness (QED) is 0.847. The maximum atomic E-state index is 11.9. The van der Waals surface area contributed by atoms with E-state index >= 15 is 0 Å². The van der Waals surface area contributed by atoms with E-state index in [1.165, 1.54) is 5.56 Å². The van der Waals surface area contributed by atoms with Crippen molar-refractivity contribution in [3.05, 3.63) is 41.7 Å². The Balaban J connectivity index is 1.42. The van der Waals surface area contributed by atoms with Gasteiger partial charge >= 0.3 is 6.03 Å². The van der Waals surface area contributed by atoms with Crippen LogP contribution < -0.4 is 10.6 Å². The number of urea groups is 1. The highest BCUT2D eigenvalue weighted by atomic mass is 16.5. The molecule has 1 aliphatic heterocycles. The minimum absolute atomic E-state index is 0.164. The summed E-state index contributed by atoms with van der Waals surface area (Å²) >= 11 is 0. The lowest BCUT2D eigenvalue weighted by molar-refractivity contribution is 0.236. The average molecular weight is 342 g/mol. The zero-order chi connectivity index (χ0) is 17.6. The molecular formula is C19H26N4O2. The fraction of sp³-hybridized carbons (Fsp3) is 0.474. The predicted molar refractivity (Wildman–Crippen MR) is 97.1 cm³/mol. The van der Waals surface area contributed by atoms with E-state index in [1.54, 1.807) is 0 Å². The first-order valence-electron chi connectivity index (χ1n) is 8.90. The van der Waals surface area contributed by atoms with Gasteiger partial charge in [-0.1, -0.05) is 41.9 Å². The number of aromatic nitrogens is 1. The molecule has 1 fully saturated rings. The molecule has 2 aromatic rings. The number of carbonyl (C=O) groups excluding carboxylic acids is 1. The van der Waals surface area contributed by atoms with Crippen LogP contribution in [0, 0.1) is 12.8 Å². The molecule has 1 aromatic heterocycles. The molecule has 2 heterocycles. The summed E-state index contributed by atoms with van der Waals surface area (Å²) in [6.45, 7) is 8.54. The number of carbonyl (C=O) groups is 1. The molecule has 2 amide bonds. The van der Waals surface area contributed by atoms with E-state index in [0.717, 1.165) is 37.3 Å². The molecule has 1 aliphatic rings. The third kappa shape index (κ3) is 4.82. The molecule has 6 nitrogen and oxygen atoms in total. The van der Waals surface area contributed by atoms with Crippen LogP contribution in [0.1, 0.15) is 24.7 Å². The number of likely N-dealkylation sites (tertiary alicyclic amines) is 1. The highest BCUT2D eigenvalue weighted by Crippen LogP contribution is 2.19. The zero-order valence-electron chi connectivity index (χ0n) is 14.9. The second-order valence-electron chi connectivity index (χ2n) is 6.66. The first-order valence-corrected chi connectivity index (χ1v) is 8.90. The molecule has 6 heteroatoms. The lowest BCUT2D eigenvalue weighted by Crippen LogP contribution is -2.38. The Morgan fingerprint density at radius 2 is 2.12 bits per heavy atom. The van der Waals surface area contributed by atoms with Crippen LogP contribution in [0.5, 0.6) is 0 Å². The van der Waals surface area contributed by atoms with Crippen molar-refractivity contribution < 1.29 is 9.32 Å². The number of rotatable bonds is 6. The van der Waals surface area contributed by atoms with Crippen molar-refractivity contribution in [2.45, 2.75) is 26.8 Å². The molecule has 1 atom stereocenters. The SMILES string of the molecule is CCN1CC[C@H](CNC(=O)NCc2cc(-c3ccc(C)cc3)no2)C1. The van der Waals surface area contributed by atoms with Crippen molar-refractivity contribution in [3.63, 3.8) is 0 Å². The number of aryl methyl sites for hydroxylation is 1. The second-order valence-corrected chi connectivity index (χ2v) is 6.66. The van der Waals surface area contributed by atoms with Gasteiger partial charge < -0.3 is 20.1 Å². The van der Waals surface area contributed by atoms with Crippen LogP contribution in [0.3, 0.4) is 0 Å². The zero-order valence-corrected chi connectivity index (χ0v) is 14.9. The number of hydrogen-bond donors (Lipinski definition) is 2. The topological polar surface area (TPSA) is 70.4 Å². The molecular weight excluding hydrogens is 316 g/mol. The van der Waals surface area contributed by atoms with Gasteiger partial charge in [0.05, 0.1) is 6.54 Å². The fourth-order valence-electron chi connectivity index (χ4n) is 3.09. The van der Waals surface area contributed by atoms with E-state index in [2.05, 4.69) is 27.6 Å². The summed E-state index contributed by atoms with van der Waals surface area (Å²) in [6.07, 6.45) is 1.15. The Labute approximate surface area is 148 Å². The van der Waals surface area contributed by atoms with Gasteiger partial charge in [-0.2, -0.15) is 0 Å². The van der Waals surface area contributed by atoms with Crippen molar-refractivity contribution >= 4 is 6.03 Å². The molecule has 0 aliphatic carbocycles. The number of nitrogens with zero attached hydrogens (tertiary/aromatic N) is 2. The van der Waals surface area contributed by atoms with Gasteiger partial charge in [-0.05, 0) is 32.4 Å². The second kappa shape index (κ2) is 8.16. The highest BCUT2D eigenvalue weighted by molar-refractivity contribution is 5.73. The molecule has 2 N–H and O–H groups in total. The molecule has 1 aromatic carbocycles. The van der Waals surface area contributed by atoms with Crippen LogP contribution in [-0.2, 0) is 6.54 Å². The van der Waals surface area contributed by atoms with Gasteiger partial charge in [-0.25, -0.2) is 4.79 Å². The Bertz CT molecular complexity index is 696. The maximum Gasteiger partial charge on any atom is 0.315 e. The summed E-state index contributed by atoms with van der Waals surface area (Å²) in [4.78, 5) is 14.3. The van der Waals surface area contributed by atoms with E-state index in [1.807, 2.05) is 37.3 Å². The molecule has 0 radical (unpaired) electrons. The van der Waals surface area contributed by atoms with Crippen LogP contribution in [0.4, 0.5) is 4.79 Å². The fourth-order valence-corrected chi connectivity index (χ4v) is 3.09. The number of hydrogen-bond acceptors (Lipinski definition) is 4. The summed E-state index contributed by atoms with van der Waals surface area (Å²) in [6, 6.07) is 9.80. The largest absolute Gasteiger partial charge is 0.359 e. The lowest BCUT2D eigenvalue weighted by Gasteiger charge is -2.13. The Kier molecular flexibility index (Phi) is 5.71. The third-order valence-corrected chi connectivity index (χ3v) is 4.70. The average Bonchev–Trinajstić information content (AvgIpc) is 3.28. The highest BCUT2D eigenvalue weighted by Gasteiger charge is 2.21. The van der Waals surface area contributed by atoms with Gasteiger partial charge in [-0.3, -0.25) is 0 Å². The van der Waals surface area contributed by atoms with E-state index < -0.39 is 0 Å². The van der Waals surface area contributed by atoms with E-state index in [4.69, 9.17) is 4.52 Å². The normalized spacial score (nSPS) is 17.6. The third-order valence-electron chi connectivity index (χ3n) is 4.70. The van der Waals surface area contributed by atoms with Crippen molar-refractivity contribution in [3.8, 4) is 11.3 Å². The van der Waals surface area contributed by atoms with Gasteiger partial charge in [0.25, 0.3) is 0 Å². The van der Waals surface area contributed by atoms with Crippen LogP contribution in [-0.4, -0.2) is 42.3 Å². The predicted octanol–water partition coefficient (Wildman–Crippen LogP) is 2.79. The van der Waals surface area contributed by atoms with Gasteiger partial charge in [0.2, 0.25) is 0 Å². The molecule has 0 unspecified atom stereocenters. The van der Waals surface area contributed by atoms with Crippen LogP contribution in [0.25, 0.3) is 11.3 Å². The molecule has 25 heavy (non-hydrogen) atoms. The Hall–Kier alpha value is -2.34. The first kappa shape index (κ1) is 17.5. The standard InChI is InChI=1S/C19H26N4O2/c1-3-23-9-8-15(13-23)11-20-19(24)21-12-17-10-18(22-25-17)16-6-4-14(2)5-7-16/h4-7,10,15H,3,8-9,11-13H2,1-2H3,(H2,20,21,24)/t15-/m1/s1. The van der Waals surface area contributed by atoms with E-state index in [-0.39, 0.29) is 6.03 Å². The smallest absolute Gasteiger partial charge is 0.315 e. The Morgan fingerprint density at radius 1 is 1.32 bits per heavy atom. The molecule has 134 valence electrons. The molecule has 3 rings (SSSR count). The van der Waals surface area contributed by atoms with Gasteiger partial charge in [-0.15, -0.1) is 0 Å². The monoisotopic (exact) mass is 342 g/mol. The van der Waals surface area contributed by atoms with Crippen LogP contribution >= 0.6 is 0 Å². The van der Waals surface area contributed by atoms with E-state index in [0.29, 0.717) is 24.8 Å².